The van der Waals surface area contributed by atoms with Crippen LogP contribution in [0.1, 0.15) is 12.2 Å². The summed E-state index contributed by atoms with van der Waals surface area (Å²) >= 11 is 1.35. The van der Waals surface area contributed by atoms with Crippen molar-refractivity contribution in [3.63, 3.8) is 0 Å². The number of alkyl halides is 3. The third-order valence-electron chi connectivity index (χ3n) is 3.72. The van der Waals surface area contributed by atoms with Gasteiger partial charge in [0.1, 0.15) is 5.82 Å². The Morgan fingerprint density at radius 2 is 2.04 bits per heavy atom. The number of rotatable bonds is 5. The summed E-state index contributed by atoms with van der Waals surface area (Å²) in [7, 11) is 1.42. The molecule has 128 valence electrons. The Labute approximate surface area is 139 Å². The second-order valence-corrected chi connectivity index (χ2v) is 6.41. The van der Waals surface area contributed by atoms with E-state index in [0.29, 0.717) is 5.13 Å². The van der Waals surface area contributed by atoms with Crippen LogP contribution in [0.15, 0.2) is 36.7 Å². The van der Waals surface area contributed by atoms with Crippen molar-refractivity contribution in [3.05, 3.63) is 42.5 Å². The van der Waals surface area contributed by atoms with Gasteiger partial charge in [-0.1, -0.05) is 23.5 Å². The molecule has 0 unspecified atom stereocenters. The van der Waals surface area contributed by atoms with Crippen molar-refractivity contribution in [3.8, 4) is 0 Å². The Hall–Kier alpha value is -2.13. The number of imidazole rings is 1. The van der Waals surface area contributed by atoms with Gasteiger partial charge in [0.05, 0.1) is 10.2 Å². The molecule has 5 nitrogen and oxygen atoms in total. The quantitative estimate of drug-likeness (QED) is 0.736. The average molecular weight is 356 g/mol. The lowest BCUT2D eigenvalue weighted by Crippen LogP contribution is -2.45. The molecular weight excluding hydrogens is 341 g/mol. The highest BCUT2D eigenvalue weighted by Gasteiger charge is 2.57. The number of thiazole rings is 1. The molecule has 0 aliphatic heterocycles. The van der Waals surface area contributed by atoms with Crippen molar-refractivity contribution in [2.75, 3.05) is 11.9 Å². The summed E-state index contributed by atoms with van der Waals surface area (Å²) in [6, 6.07) is 7.43. The predicted molar refractivity (Wildman–Crippen MR) is 85.9 cm³/mol. The SMILES string of the molecule is Cn1ccnc1[C@](O)(CCNc1nc2ccccc2s1)C(F)(F)F. The van der Waals surface area contributed by atoms with E-state index in [1.165, 1.54) is 35.3 Å². The van der Waals surface area contributed by atoms with E-state index < -0.39 is 24.0 Å². The van der Waals surface area contributed by atoms with Crippen LogP contribution in [0.4, 0.5) is 18.3 Å². The molecule has 3 rings (SSSR count). The maximum Gasteiger partial charge on any atom is 0.424 e. The van der Waals surface area contributed by atoms with Crippen LogP contribution >= 0.6 is 11.3 Å². The molecule has 1 aromatic carbocycles. The third kappa shape index (κ3) is 2.96. The van der Waals surface area contributed by atoms with Crippen LogP contribution in [0.25, 0.3) is 10.2 Å². The smallest absolute Gasteiger partial charge is 0.374 e. The first-order chi connectivity index (χ1) is 11.3. The van der Waals surface area contributed by atoms with Crippen LogP contribution in [-0.2, 0) is 12.6 Å². The highest BCUT2D eigenvalue weighted by atomic mass is 32.1. The summed E-state index contributed by atoms with van der Waals surface area (Å²) in [4.78, 5) is 7.97. The van der Waals surface area contributed by atoms with Gasteiger partial charge in [0.25, 0.3) is 0 Å². The molecule has 0 radical (unpaired) electrons. The van der Waals surface area contributed by atoms with Crippen LogP contribution in [0.5, 0.6) is 0 Å². The minimum absolute atomic E-state index is 0.0946. The van der Waals surface area contributed by atoms with Gasteiger partial charge in [-0.15, -0.1) is 0 Å². The number of aryl methyl sites for hydroxylation is 1. The zero-order chi connectivity index (χ0) is 17.4. The third-order valence-corrected chi connectivity index (χ3v) is 4.71. The Bertz CT molecular complexity index is 811. The zero-order valence-corrected chi connectivity index (χ0v) is 13.5. The van der Waals surface area contributed by atoms with E-state index in [1.807, 2.05) is 24.3 Å². The summed E-state index contributed by atoms with van der Waals surface area (Å²) < 4.78 is 42.3. The van der Waals surface area contributed by atoms with E-state index in [2.05, 4.69) is 15.3 Å². The second kappa shape index (κ2) is 6.06. The van der Waals surface area contributed by atoms with Crippen molar-refractivity contribution in [2.45, 2.75) is 18.2 Å². The molecule has 0 aliphatic rings. The van der Waals surface area contributed by atoms with Gasteiger partial charge in [0, 0.05) is 32.4 Å². The van der Waals surface area contributed by atoms with E-state index in [1.54, 1.807) is 0 Å². The largest absolute Gasteiger partial charge is 0.424 e. The molecule has 0 aliphatic carbocycles. The van der Waals surface area contributed by atoms with E-state index >= 15 is 0 Å². The van der Waals surface area contributed by atoms with Crippen molar-refractivity contribution >= 4 is 26.7 Å². The number of hydrogen-bond donors (Lipinski definition) is 2. The Balaban J connectivity index is 1.76. The molecule has 3 aromatic rings. The van der Waals surface area contributed by atoms with E-state index in [4.69, 9.17) is 0 Å². The number of halogens is 3. The molecule has 0 amide bonds. The monoisotopic (exact) mass is 356 g/mol. The highest BCUT2D eigenvalue weighted by molar-refractivity contribution is 7.22. The van der Waals surface area contributed by atoms with Crippen LogP contribution in [0.3, 0.4) is 0 Å². The molecule has 0 spiro atoms. The Morgan fingerprint density at radius 1 is 1.29 bits per heavy atom. The van der Waals surface area contributed by atoms with Crippen LogP contribution in [0.2, 0.25) is 0 Å². The predicted octanol–water partition coefficient (Wildman–Crippen LogP) is 3.28. The number of aromatic nitrogens is 3. The molecule has 2 heterocycles. The maximum absolute atomic E-state index is 13.4. The maximum atomic E-state index is 13.4. The second-order valence-electron chi connectivity index (χ2n) is 5.38. The minimum Gasteiger partial charge on any atom is -0.374 e. The molecule has 0 saturated carbocycles. The number of nitrogens with zero attached hydrogens (tertiary/aromatic N) is 3. The number of fused-ring (bicyclic) bond motifs is 1. The van der Waals surface area contributed by atoms with Crippen molar-refractivity contribution in [1.29, 1.82) is 0 Å². The van der Waals surface area contributed by atoms with Gasteiger partial charge < -0.3 is 15.0 Å². The summed E-state index contributed by atoms with van der Waals surface area (Å²) in [5, 5.41) is 13.6. The van der Waals surface area contributed by atoms with Crippen molar-refractivity contribution < 1.29 is 18.3 Å². The van der Waals surface area contributed by atoms with E-state index in [-0.39, 0.29) is 6.54 Å². The van der Waals surface area contributed by atoms with Gasteiger partial charge in [-0.2, -0.15) is 13.2 Å². The summed E-state index contributed by atoms with van der Waals surface area (Å²) in [5.41, 5.74) is -2.24. The van der Waals surface area contributed by atoms with E-state index in [0.717, 1.165) is 10.2 Å². The van der Waals surface area contributed by atoms with E-state index in [9.17, 15) is 18.3 Å². The Morgan fingerprint density at radius 3 is 2.67 bits per heavy atom. The molecule has 0 bridgehead atoms. The number of benzene rings is 1. The van der Waals surface area contributed by atoms with Gasteiger partial charge in [-0.05, 0) is 12.1 Å². The number of anilines is 1. The average Bonchev–Trinajstić information content (AvgIpc) is 3.11. The number of para-hydroxylation sites is 1. The molecular formula is C15H15F3N4OS. The molecule has 2 aromatic heterocycles. The zero-order valence-electron chi connectivity index (χ0n) is 12.7. The van der Waals surface area contributed by atoms with Crippen LogP contribution < -0.4 is 5.32 Å². The van der Waals surface area contributed by atoms with Gasteiger partial charge in [0.15, 0.2) is 5.13 Å². The molecule has 24 heavy (non-hydrogen) atoms. The van der Waals surface area contributed by atoms with Crippen LogP contribution in [-0.4, -0.2) is 32.4 Å². The highest BCUT2D eigenvalue weighted by Crippen LogP contribution is 2.40. The molecule has 2 N–H and O–H groups in total. The van der Waals surface area contributed by atoms with Crippen molar-refractivity contribution in [1.82, 2.24) is 14.5 Å². The lowest BCUT2D eigenvalue weighted by Gasteiger charge is -2.29. The van der Waals surface area contributed by atoms with Gasteiger partial charge in [-0.25, -0.2) is 9.97 Å². The number of hydrogen-bond acceptors (Lipinski definition) is 5. The summed E-state index contributed by atoms with van der Waals surface area (Å²) in [6.45, 7) is -0.0946. The molecule has 1 atom stereocenters. The molecule has 0 saturated heterocycles. The molecule has 0 fully saturated rings. The van der Waals surface area contributed by atoms with Crippen molar-refractivity contribution in [2.24, 2.45) is 7.05 Å². The first-order valence-electron chi connectivity index (χ1n) is 7.17. The topological polar surface area (TPSA) is 63.0 Å². The fourth-order valence-corrected chi connectivity index (χ4v) is 3.33. The normalized spacial score (nSPS) is 14.7. The Kier molecular flexibility index (Phi) is 4.22. The fraction of sp³-hybridized carbons (Fsp3) is 0.333. The number of nitrogens with one attached hydrogen (secondary N) is 1. The van der Waals surface area contributed by atoms with Gasteiger partial charge >= 0.3 is 6.18 Å². The first kappa shape index (κ1) is 16.7. The lowest BCUT2D eigenvalue weighted by molar-refractivity contribution is -0.271. The first-order valence-corrected chi connectivity index (χ1v) is 7.99. The van der Waals surface area contributed by atoms with Crippen LogP contribution in [0, 0.1) is 0 Å². The van der Waals surface area contributed by atoms with Gasteiger partial charge in [-0.3, -0.25) is 0 Å². The summed E-state index contributed by atoms with van der Waals surface area (Å²) in [5.74, 6) is -0.430. The van der Waals surface area contributed by atoms with Gasteiger partial charge in [0.2, 0.25) is 5.60 Å². The molecule has 9 heteroatoms. The number of aliphatic hydroxyl groups is 1. The fourth-order valence-electron chi connectivity index (χ4n) is 2.44. The summed E-state index contributed by atoms with van der Waals surface area (Å²) in [6.07, 6.45) is -2.81. The standard InChI is InChI=1S/C15H15F3N4OS/c1-22-9-8-19-12(22)14(23,15(16,17)18)6-7-20-13-21-10-4-2-3-5-11(10)24-13/h2-5,8-9,23H,6-7H2,1H3,(H,20,21)/t14-/m1/s1. The lowest BCUT2D eigenvalue weighted by atomic mass is 9.98. The minimum atomic E-state index is -4.83.